The van der Waals surface area contributed by atoms with E-state index in [1.807, 2.05) is 24.3 Å². The highest BCUT2D eigenvalue weighted by Gasteiger charge is 2.19. The molecule has 7 nitrogen and oxygen atoms in total. The van der Waals surface area contributed by atoms with Crippen molar-refractivity contribution in [3.05, 3.63) is 62.2 Å². The molecule has 114 valence electrons. The number of halogens is 1. The largest absolute Gasteiger partial charge is 0.465 e. The number of nitro groups is 1. The Kier molecular flexibility index (Phi) is 5.05. The Morgan fingerprint density at radius 1 is 1.41 bits per heavy atom. The summed E-state index contributed by atoms with van der Waals surface area (Å²) >= 11 is 3.33. The van der Waals surface area contributed by atoms with Gasteiger partial charge in [-0.25, -0.2) is 9.78 Å². The van der Waals surface area contributed by atoms with Crippen LogP contribution in [0, 0.1) is 10.1 Å². The zero-order chi connectivity index (χ0) is 16.1. The molecule has 2 rings (SSSR count). The van der Waals surface area contributed by atoms with Crippen LogP contribution >= 0.6 is 15.9 Å². The topological polar surface area (TPSA) is 94.4 Å². The lowest BCUT2D eigenvalue weighted by molar-refractivity contribution is -0.384. The van der Waals surface area contributed by atoms with Crippen molar-refractivity contribution < 1.29 is 14.5 Å². The summed E-state index contributed by atoms with van der Waals surface area (Å²) in [6.45, 7) is 0.374. The molecule has 0 aliphatic heterocycles. The molecule has 0 radical (unpaired) electrons. The molecule has 0 atom stereocenters. The molecule has 0 aliphatic rings. The third kappa shape index (κ3) is 3.79. The molecular formula is C14H12BrN3O4. The number of ether oxygens (including phenoxy) is 1. The van der Waals surface area contributed by atoms with Crippen LogP contribution in [0.4, 0.5) is 11.5 Å². The standard InChI is InChI=1S/C14H12BrN3O4/c1-22-14(19)10-6-12(18(20)21)13(17-8-10)16-7-9-2-4-11(15)5-3-9/h2-6,8H,7H2,1H3,(H,16,17). The highest BCUT2D eigenvalue weighted by Crippen LogP contribution is 2.24. The van der Waals surface area contributed by atoms with Gasteiger partial charge in [0.1, 0.15) is 0 Å². The number of aromatic nitrogens is 1. The maximum atomic E-state index is 11.4. The van der Waals surface area contributed by atoms with Gasteiger partial charge in [-0.3, -0.25) is 10.1 Å². The number of nitrogens with zero attached hydrogens (tertiary/aromatic N) is 2. The predicted octanol–water partition coefficient (Wildman–Crippen LogP) is 3.15. The molecular weight excluding hydrogens is 354 g/mol. The first-order valence-corrected chi connectivity index (χ1v) is 7.01. The molecule has 0 spiro atoms. The summed E-state index contributed by atoms with van der Waals surface area (Å²) in [7, 11) is 1.20. The first kappa shape index (κ1) is 15.9. The summed E-state index contributed by atoms with van der Waals surface area (Å²) in [6.07, 6.45) is 1.24. The number of anilines is 1. The normalized spacial score (nSPS) is 10.1. The fraction of sp³-hybridized carbons (Fsp3) is 0.143. The molecule has 1 heterocycles. The number of carbonyl (C=O) groups excluding carboxylic acids is 1. The van der Waals surface area contributed by atoms with Crippen LogP contribution in [0.2, 0.25) is 0 Å². The van der Waals surface area contributed by atoms with Gasteiger partial charge >= 0.3 is 11.7 Å². The Morgan fingerprint density at radius 2 is 2.09 bits per heavy atom. The number of methoxy groups -OCH3 is 1. The van der Waals surface area contributed by atoms with Gasteiger partial charge in [-0.1, -0.05) is 28.1 Å². The van der Waals surface area contributed by atoms with Crippen LogP contribution in [-0.2, 0) is 11.3 Å². The smallest absolute Gasteiger partial charge is 0.339 e. The molecule has 0 fully saturated rings. The monoisotopic (exact) mass is 365 g/mol. The zero-order valence-electron chi connectivity index (χ0n) is 11.6. The van der Waals surface area contributed by atoms with Crippen molar-refractivity contribution in [2.45, 2.75) is 6.54 Å². The van der Waals surface area contributed by atoms with Crippen LogP contribution in [0.25, 0.3) is 0 Å². The maximum absolute atomic E-state index is 11.4. The van der Waals surface area contributed by atoms with Crippen LogP contribution in [0.15, 0.2) is 41.0 Å². The highest BCUT2D eigenvalue weighted by atomic mass is 79.9. The number of nitrogens with one attached hydrogen (secondary N) is 1. The lowest BCUT2D eigenvalue weighted by atomic mass is 10.2. The SMILES string of the molecule is COC(=O)c1cnc(NCc2ccc(Br)cc2)c([N+](=O)[O-])c1. The Labute approximate surface area is 134 Å². The number of hydrogen-bond acceptors (Lipinski definition) is 6. The van der Waals surface area contributed by atoms with Crippen molar-refractivity contribution in [2.75, 3.05) is 12.4 Å². The summed E-state index contributed by atoms with van der Waals surface area (Å²) < 4.78 is 5.47. The lowest BCUT2D eigenvalue weighted by Crippen LogP contribution is -2.08. The van der Waals surface area contributed by atoms with Crippen LogP contribution < -0.4 is 5.32 Å². The van der Waals surface area contributed by atoms with Crippen molar-refractivity contribution >= 4 is 33.4 Å². The van der Waals surface area contributed by atoms with Crippen molar-refractivity contribution in [3.8, 4) is 0 Å². The fourth-order valence-corrected chi connectivity index (χ4v) is 2.01. The van der Waals surface area contributed by atoms with Gasteiger partial charge in [-0.15, -0.1) is 0 Å². The number of carbonyl (C=O) groups is 1. The molecule has 1 aromatic carbocycles. The molecule has 0 amide bonds. The van der Waals surface area contributed by atoms with Crippen LogP contribution in [-0.4, -0.2) is 23.0 Å². The van der Waals surface area contributed by atoms with Crippen molar-refractivity contribution in [3.63, 3.8) is 0 Å². The van der Waals surface area contributed by atoms with E-state index in [0.717, 1.165) is 16.1 Å². The van der Waals surface area contributed by atoms with E-state index in [1.165, 1.54) is 13.3 Å². The quantitative estimate of drug-likeness (QED) is 0.496. The molecule has 1 N–H and O–H groups in total. The number of hydrogen-bond donors (Lipinski definition) is 1. The van der Waals surface area contributed by atoms with Gasteiger partial charge in [0, 0.05) is 23.3 Å². The van der Waals surface area contributed by atoms with E-state index in [4.69, 9.17) is 0 Å². The summed E-state index contributed by atoms with van der Waals surface area (Å²) in [5, 5.41) is 14.0. The summed E-state index contributed by atoms with van der Waals surface area (Å²) in [6, 6.07) is 8.65. The van der Waals surface area contributed by atoms with Gasteiger partial charge in [-0.2, -0.15) is 0 Å². The third-order valence-electron chi connectivity index (χ3n) is 2.86. The van der Waals surface area contributed by atoms with E-state index >= 15 is 0 Å². The van der Waals surface area contributed by atoms with E-state index in [9.17, 15) is 14.9 Å². The van der Waals surface area contributed by atoms with Crippen LogP contribution in [0.3, 0.4) is 0 Å². The van der Waals surface area contributed by atoms with E-state index < -0.39 is 10.9 Å². The van der Waals surface area contributed by atoms with Gasteiger partial charge in [0.15, 0.2) is 0 Å². The molecule has 0 saturated heterocycles. The average molecular weight is 366 g/mol. The minimum absolute atomic E-state index is 0.0309. The van der Waals surface area contributed by atoms with E-state index in [0.29, 0.717) is 6.54 Å². The average Bonchev–Trinajstić information content (AvgIpc) is 2.53. The van der Waals surface area contributed by atoms with Crippen molar-refractivity contribution in [1.82, 2.24) is 4.98 Å². The fourth-order valence-electron chi connectivity index (χ4n) is 1.75. The van der Waals surface area contributed by atoms with Crippen molar-refractivity contribution in [2.24, 2.45) is 0 Å². The number of benzene rings is 1. The molecule has 0 aliphatic carbocycles. The minimum atomic E-state index is -0.671. The maximum Gasteiger partial charge on any atom is 0.339 e. The van der Waals surface area contributed by atoms with Gasteiger partial charge in [0.25, 0.3) is 0 Å². The summed E-state index contributed by atoms with van der Waals surface area (Å²) in [5.74, 6) is -0.573. The summed E-state index contributed by atoms with van der Waals surface area (Å²) in [5.41, 5.74) is 0.694. The van der Waals surface area contributed by atoms with Crippen molar-refractivity contribution in [1.29, 1.82) is 0 Å². The van der Waals surface area contributed by atoms with E-state index in [1.54, 1.807) is 0 Å². The van der Waals surface area contributed by atoms with Crippen LogP contribution in [0.5, 0.6) is 0 Å². The molecule has 0 saturated carbocycles. The molecule has 0 unspecified atom stereocenters. The first-order chi connectivity index (χ1) is 10.5. The zero-order valence-corrected chi connectivity index (χ0v) is 13.2. The second-order valence-electron chi connectivity index (χ2n) is 4.32. The Bertz CT molecular complexity index is 704. The highest BCUT2D eigenvalue weighted by molar-refractivity contribution is 9.10. The van der Waals surface area contributed by atoms with Gasteiger partial charge in [0.2, 0.25) is 5.82 Å². The molecule has 0 bridgehead atoms. The van der Waals surface area contributed by atoms with Gasteiger partial charge in [-0.05, 0) is 17.7 Å². The lowest BCUT2D eigenvalue weighted by Gasteiger charge is -2.07. The van der Waals surface area contributed by atoms with Crippen LogP contribution in [0.1, 0.15) is 15.9 Å². The first-order valence-electron chi connectivity index (χ1n) is 6.22. The predicted molar refractivity (Wildman–Crippen MR) is 83.7 cm³/mol. The minimum Gasteiger partial charge on any atom is -0.465 e. The second-order valence-corrected chi connectivity index (χ2v) is 5.24. The number of pyridine rings is 1. The van der Waals surface area contributed by atoms with Gasteiger partial charge in [0.05, 0.1) is 17.6 Å². The Morgan fingerprint density at radius 3 is 2.68 bits per heavy atom. The van der Waals surface area contributed by atoms with E-state index in [-0.39, 0.29) is 17.1 Å². The molecule has 1 aromatic heterocycles. The molecule has 2 aromatic rings. The number of esters is 1. The Balaban J connectivity index is 2.21. The molecule has 8 heteroatoms. The number of rotatable bonds is 5. The second kappa shape index (κ2) is 6.99. The van der Waals surface area contributed by atoms with Gasteiger partial charge < -0.3 is 10.1 Å². The third-order valence-corrected chi connectivity index (χ3v) is 3.39. The summed E-state index contributed by atoms with van der Waals surface area (Å²) in [4.78, 5) is 25.9. The Hall–Kier alpha value is -2.48. The molecule has 22 heavy (non-hydrogen) atoms. The van der Waals surface area contributed by atoms with E-state index in [2.05, 4.69) is 31.0 Å².